The summed E-state index contributed by atoms with van der Waals surface area (Å²) in [6.07, 6.45) is -2.80. The molecule has 0 aliphatic rings. The number of carbonyl (C=O) groups excluding carboxylic acids is 1. The Hall–Kier alpha value is -3.05. The molecule has 3 rings (SSSR count). The smallest absolute Gasteiger partial charge is 0.283 e. The average molecular weight is 516 g/mol. The van der Waals surface area contributed by atoms with Gasteiger partial charge in [0.05, 0.1) is 26.8 Å². The molecule has 0 aliphatic carbocycles. The number of nitro groups is 1. The molecule has 0 atom stereocenters. The molecule has 0 spiro atoms. The molecule has 0 radical (unpaired) electrons. The largest absolute Gasteiger partial charge is 0.457 e. The molecule has 162 valence electrons. The van der Waals surface area contributed by atoms with Crippen molar-refractivity contribution >= 4 is 44.8 Å². The number of alkyl halides is 2. The molecule has 31 heavy (non-hydrogen) atoms. The minimum absolute atomic E-state index is 0.0983. The number of halogens is 4. The summed E-state index contributed by atoms with van der Waals surface area (Å²) >= 11 is 8.86. The molecule has 0 saturated heterocycles. The maximum absolute atomic E-state index is 13.0. The number of aromatic nitrogens is 2. The summed E-state index contributed by atoms with van der Waals surface area (Å²) in [5.41, 5.74) is -0.337. The number of ether oxygens (including phenoxy) is 1. The molecule has 8 nitrogen and oxygen atoms in total. The van der Waals surface area contributed by atoms with E-state index in [1.165, 1.54) is 19.1 Å². The normalized spacial score (nSPS) is 10.9. The van der Waals surface area contributed by atoms with Crippen LogP contribution in [0.5, 0.6) is 11.5 Å². The average Bonchev–Trinajstić information content (AvgIpc) is 2.98. The van der Waals surface area contributed by atoms with Crippen LogP contribution in [0.3, 0.4) is 0 Å². The second-order valence-electron chi connectivity index (χ2n) is 6.32. The maximum atomic E-state index is 13.0. The number of amides is 1. The number of nitrogens with one attached hydrogen (secondary N) is 1. The number of hydrogen-bond acceptors (Lipinski definition) is 5. The molecule has 1 heterocycles. The van der Waals surface area contributed by atoms with Crippen molar-refractivity contribution in [1.29, 1.82) is 0 Å². The van der Waals surface area contributed by atoms with Gasteiger partial charge < -0.3 is 10.1 Å². The van der Waals surface area contributed by atoms with Crippen LogP contribution in [0.4, 0.5) is 20.2 Å². The van der Waals surface area contributed by atoms with E-state index in [-0.39, 0.29) is 28.1 Å². The lowest BCUT2D eigenvalue weighted by atomic mass is 10.2. The van der Waals surface area contributed by atoms with E-state index in [1.54, 1.807) is 24.3 Å². The van der Waals surface area contributed by atoms with Crippen LogP contribution in [0.2, 0.25) is 5.02 Å². The Morgan fingerprint density at radius 2 is 1.97 bits per heavy atom. The number of benzene rings is 2. The quantitative estimate of drug-likeness (QED) is 0.313. The summed E-state index contributed by atoms with van der Waals surface area (Å²) in [7, 11) is 0. The predicted molar refractivity (Wildman–Crippen MR) is 113 cm³/mol. The molecule has 0 saturated carbocycles. The first-order valence-corrected chi connectivity index (χ1v) is 9.85. The van der Waals surface area contributed by atoms with E-state index in [9.17, 15) is 23.7 Å². The van der Waals surface area contributed by atoms with E-state index in [0.29, 0.717) is 16.5 Å². The lowest BCUT2D eigenvalue weighted by Gasteiger charge is -2.10. The van der Waals surface area contributed by atoms with Gasteiger partial charge in [-0.3, -0.25) is 19.6 Å². The standard InChI is InChI=1S/C19H14BrClF2N4O4/c1-10-17(20)18(19(22)23)25-26(10)9-16(28)24-12-6-13(27(29)30)8-15(7-12)31-14-4-2-11(21)3-5-14/h2-8,19H,9H2,1H3,(H,24,28). The number of nitro benzene ring substituents is 1. The summed E-state index contributed by atoms with van der Waals surface area (Å²) in [6.45, 7) is 1.16. The Kier molecular flexibility index (Phi) is 6.86. The second-order valence-corrected chi connectivity index (χ2v) is 7.55. The van der Waals surface area contributed by atoms with Crippen LogP contribution in [-0.4, -0.2) is 20.6 Å². The van der Waals surface area contributed by atoms with Gasteiger partial charge in [-0.1, -0.05) is 11.6 Å². The first-order chi connectivity index (χ1) is 14.6. The summed E-state index contributed by atoms with van der Waals surface area (Å²) in [4.78, 5) is 23.0. The summed E-state index contributed by atoms with van der Waals surface area (Å²) in [5.74, 6) is -0.111. The van der Waals surface area contributed by atoms with E-state index in [1.807, 2.05) is 0 Å². The van der Waals surface area contributed by atoms with Crippen molar-refractivity contribution in [2.75, 3.05) is 5.32 Å². The molecule has 2 aromatic carbocycles. The molecule has 0 bridgehead atoms. The molecular formula is C19H14BrClF2N4O4. The Morgan fingerprint density at radius 1 is 1.29 bits per heavy atom. The van der Waals surface area contributed by atoms with Gasteiger partial charge in [-0.15, -0.1) is 0 Å². The van der Waals surface area contributed by atoms with Gasteiger partial charge in [0, 0.05) is 17.2 Å². The fourth-order valence-corrected chi connectivity index (χ4v) is 3.22. The number of hydrogen-bond donors (Lipinski definition) is 1. The second kappa shape index (κ2) is 9.40. The van der Waals surface area contributed by atoms with Gasteiger partial charge in [-0.2, -0.15) is 5.10 Å². The molecule has 3 aromatic rings. The van der Waals surface area contributed by atoms with Crippen molar-refractivity contribution in [3.05, 3.63) is 73.5 Å². The van der Waals surface area contributed by atoms with E-state index in [0.717, 1.165) is 10.7 Å². The lowest BCUT2D eigenvalue weighted by molar-refractivity contribution is -0.384. The van der Waals surface area contributed by atoms with Crippen LogP contribution in [0.15, 0.2) is 46.9 Å². The minimum Gasteiger partial charge on any atom is -0.457 e. The fraction of sp³-hybridized carbons (Fsp3) is 0.158. The van der Waals surface area contributed by atoms with Crippen LogP contribution in [0.1, 0.15) is 17.8 Å². The number of anilines is 1. The first kappa shape index (κ1) is 22.6. The zero-order valence-electron chi connectivity index (χ0n) is 15.8. The van der Waals surface area contributed by atoms with Crippen LogP contribution >= 0.6 is 27.5 Å². The highest BCUT2D eigenvalue weighted by Crippen LogP contribution is 2.31. The molecule has 0 unspecified atom stereocenters. The summed E-state index contributed by atoms with van der Waals surface area (Å²) < 4.78 is 32.8. The molecule has 1 aromatic heterocycles. The van der Waals surface area contributed by atoms with Gasteiger partial charge in [0.15, 0.2) is 0 Å². The molecule has 12 heteroatoms. The zero-order valence-corrected chi connectivity index (χ0v) is 18.2. The van der Waals surface area contributed by atoms with Crippen molar-refractivity contribution in [1.82, 2.24) is 9.78 Å². The monoisotopic (exact) mass is 514 g/mol. The number of nitrogens with zero attached hydrogens (tertiary/aromatic N) is 3. The molecular weight excluding hydrogens is 502 g/mol. The fourth-order valence-electron chi connectivity index (χ4n) is 2.64. The highest BCUT2D eigenvalue weighted by atomic mass is 79.9. The number of carbonyl (C=O) groups is 1. The third-order valence-corrected chi connectivity index (χ3v) is 5.33. The van der Waals surface area contributed by atoms with Crippen molar-refractivity contribution in [3.8, 4) is 11.5 Å². The Balaban J connectivity index is 1.81. The van der Waals surface area contributed by atoms with Crippen molar-refractivity contribution in [2.24, 2.45) is 0 Å². The maximum Gasteiger partial charge on any atom is 0.283 e. The van der Waals surface area contributed by atoms with Crippen LogP contribution in [0.25, 0.3) is 0 Å². The highest BCUT2D eigenvalue weighted by Gasteiger charge is 2.21. The zero-order chi connectivity index (χ0) is 22.7. The van der Waals surface area contributed by atoms with Gasteiger partial charge in [-0.25, -0.2) is 8.78 Å². The summed E-state index contributed by atoms with van der Waals surface area (Å²) in [6, 6.07) is 10.1. The number of non-ortho nitro benzene ring substituents is 1. The van der Waals surface area contributed by atoms with Gasteiger partial charge in [-0.05, 0) is 47.1 Å². The number of rotatable bonds is 7. The van der Waals surface area contributed by atoms with Crippen molar-refractivity contribution in [3.63, 3.8) is 0 Å². The predicted octanol–water partition coefficient (Wildman–Crippen LogP) is 5.88. The third kappa shape index (κ3) is 5.56. The van der Waals surface area contributed by atoms with Gasteiger partial charge in [0.2, 0.25) is 5.91 Å². The molecule has 0 aliphatic heterocycles. The minimum atomic E-state index is -2.80. The first-order valence-electron chi connectivity index (χ1n) is 8.67. The topological polar surface area (TPSA) is 99.3 Å². The van der Waals surface area contributed by atoms with E-state index in [2.05, 4.69) is 26.3 Å². The molecule has 1 amide bonds. The van der Waals surface area contributed by atoms with Crippen LogP contribution in [0, 0.1) is 17.0 Å². The Labute approximate surface area is 188 Å². The van der Waals surface area contributed by atoms with E-state index < -0.39 is 22.9 Å². The van der Waals surface area contributed by atoms with Gasteiger partial charge in [0.25, 0.3) is 12.1 Å². The highest BCUT2D eigenvalue weighted by molar-refractivity contribution is 9.10. The lowest BCUT2D eigenvalue weighted by Crippen LogP contribution is -2.20. The molecule has 0 fully saturated rings. The van der Waals surface area contributed by atoms with Crippen molar-refractivity contribution in [2.45, 2.75) is 19.9 Å². The van der Waals surface area contributed by atoms with Gasteiger partial charge >= 0.3 is 0 Å². The Morgan fingerprint density at radius 3 is 2.55 bits per heavy atom. The van der Waals surface area contributed by atoms with Gasteiger partial charge in [0.1, 0.15) is 23.7 Å². The van der Waals surface area contributed by atoms with Crippen molar-refractivity contribution < 1.29 is 23.2 Å². The van der Waals surface area contributed by atoms with Crippen LogP contribution in [-0.2, 0) is 11.3 Å². The summed E-state index contributed by atoms with van der Waals surface area (Å²) in [5, 5.41) is 18.0. The molecule has 1 N–H and O–H groups in total. The Bertz CT molecular complexity index is 1140. The third-order valence-electron chi connectivity index (χ3n) is 4.09. The SMILES string of the molecule is Cc1c(Br)c(C(F)F)nn1CC(=O)Nc1cc(Oc2ccc(Cl)cc2)cc([N+](=O)[O-])c1. The van der Waals surface area contributed by atoms with Crippen LogP contribution < -0.4 is 10.1 Å². The van der Waals surface area contributed by atoms with E-state index >= 15 is 0 Å². The van der Waals surface area contributed by atoms with E-state index in [4.69, 9.17) is 16.3 Å².